The number of benzene rings is 1. The van der Waals surface area contributed by atoms with Gasteiger partial charge in [0.05, 0.1) is 6.04 Å². The minimum atomic E-state index is -0.234. The number of nitrogens with zero attached hydrogens (tertiary/aromatic N) is 2. The van der Waals surface area contributed by atoms with Crippen LogP contribution in [0.3, 0.4) is 0 Å². The second kappa shape index (κ2) is 7.85. The van der Waals surface area contributed by atoms with Crippen molar-refractivity contribution in [1.82, 2.24) is 9.88 Å². The molecule has 1 aliphatic heterocycles. The van der Waals surface area contributed by atoms with Gasteiger partial charge in [-0.15, -0.1) is 11.3 Å². The van der Waals surface area contributed by atoms with Crippen LogP contribution < -0.4 is 5.32 Å². The van der Waals surface area contributed by atoms with Gasteiger partial charge < -0.3 is 5.32 Å². The van der Waals surface area contributed by atoms with Crippen LogP contribution in [0.4, 0.5) is 9.52 Å². The summed E-state index contributed by atoms with van der Waals surface area (Å²) in [6.07, 6.45) is 6.68. The fourth-order valence-electron chi connectivity index (χ4n) is 3.07. The maximum Gasteiger partial charge on any atom is 0.243 e. The molecule has 1 aromatic carbocycles. The molecule has 1 aromatic heterocycles. The first kappa shape index (κ1) is 17.0. The predicted molar refractivity (Wildman–Crippen MR) is 94.8 cm³/mol. The van der Waals surface area contributed by atoms with Crippen LogP contribution in [0, 0.1) is 5.82 Å². The van der Waals surface area contributed by atoms with Crippen molar-refractivity contribution in [1.29, 1.82) is 0 Å². The van der Waals surface area contributed by atoms with E-state index in [1.807, 2.05) is 13.1 Å². The highest BCUT2D eigenvalue weighted by molar-refractivity contribution is 7.15. The van der Waals surface area contributed by atoms with Crippen LogP contribution in [0.25, 0.3) is 0 Å². The van der Waals surface area contributed by atoms with Crippen LogP contribution in [0.2, 0.25) is 0 Å². The van der Waals surface area contributed by atoms with E-state index < -0.39 is 0 Å². The molecule has 0 aliphatic carbocycles. The average Bonchev–Trinajstić information content (AvgIpc) is 2.85. The van der Waals surface area contributed by atoms with Crippen molar-refractivity contribution in [3.63, 3.8) is 0 Å². The topological polar surface area (TPSA) is 45.2 Å². The van der Waals surface area contributed by atoms with Gasteiger partial charge in [-0.2, -0.15) is 0 Å². The van der Waals surface area contributed by atoms with E-state index in [0.29, 0.717) is 11.6 Å². The smallest absolute Gasteiger partial charge is 0.243 e. The Morgan fingerprint density at radius 1 is 1.42 bits per heavy atom. The van der Waals surface area contributed by atoms with Gasteiger partial charge in [0.1, 0.15) is 5.82 Å². The van der Waals surface area contributed by atoms with Crippen LogP contribution in [0.1, 0.15) is 36.1 Å². The Labute approximate surface area is 145 Å². The number of anilines is 1. The lowest BCUT2D eigenvalue weighted by molar-refractivity contribution is -0.120. The van der Waals surface area contributed by atoms with Gasteiger partial charge in [0, 0.05) is 17.5 Å². The summed E-state index contributed by atoms with van der Waals surface area (Å²) in [6, 6.07) is 6.48. The number of likely N-dealkylation sites (tertiary alicyclic amines) is 1. The minimum Gasteiger partial charge on any atom is -0.301 e. The molecule has 1 saturated heterocycles. The Kier molecular flexibility index (Phi) is 5.58. The van der Waals surface area contributed by atoms with Crippen molar-refractivity contribution in [2.24, 2.45) is 0 Å². The van der Waals surface area contributed by atoms with Crippen LogP contribution >= 0.6 is 11.3 Å². The molecule has 6 heteroatoms. The van der Waals surface area contributed by atoms with E-state index in [4.69, 9.17) is 0 Å². The summed E-state index contributed by atoms with van der Waals surface area (Å²) < 4.78 is 13.2. The zero-order chi connectivity index (χ0) is 16.9. The standard InChI is InChI=1S/C18H22FN3OS/c1-22-9-4-2-3-8-16(22)17(23)21-18-20-12-15(24-18)11-13-6-5-7-14(19)10-13/h5-7,10,12,16H,2-4,8-9,11H2,1H3,(H,20,21,23). The molecule has 3 rings (SSSR count). The Morgan fingerprint density at radius 2 is 2.29 bits per heavy atom. The van der Waals surface area contributed by atoms with E-state index >= 15 is 0 Å². The summed E-state index contributed by atoms with van der Waals surface area (Å²) in [5.74, 6) is -0.215. The van der Waals surface area contributed by atoms with Crippen LogP contribution in [-0.2, 0) is 11.2 Å². The molecule has 1 aliphatic rings. The van der Waals surface area contributed by atoms with Gasteiger partial charge >= 0.3 is 0 Å². The SMILES string of the molecule is CN1CCCCCC1C(=O)Nc1ncc(Cc2cccc(F)c2)s1. The zero-order valence-electron chi connectivity index (χ0n) is 13.8. The largest absolute Gasteiger partial charge is 0.301 e. The molecular weight excluding hydrogens is 325 g/mol. The number of amides is 1. The fraction of sp³-hybridized carbons (Fsp3) is 0.444. The fourth-order valence-corrected chi connectivity index (χ4v) is 3.92. The van der Waals surface area contributed by atoms with Crippen molar-refractivity contribution in [2.75, 3.05) is 18.9 Å². The second-order valence-corrected chi connectivity index (χ2v) is 7.39. The monoisotopic (exact) mass is 347 g/mol. The van der Waals surface area contributed by atoms with Gasteiger partial charge in [0.2, 0.25) is 5.91 Å². The molecule has 1 N–H and O–H groups in total. The van der Waals surface area contributed by atoms with E-state index in [2.05, 4.69) is 15.2 Å². The minimum absolute atomic E-state index is 0.0195. The summed E-state index contributed by atoms with van der Waals surface area (Å²) in [5, 5.41) is 3.55. The third kappa shape index (κ3) is 4.39. The lowest BCUT2D eigenvalue weighted by Gasteiger charge is -2.23. The molecule has 1 fully saturated rings. The quantitative estimate of drug-likeness (QED) is 0.917. The first-order chi connectivity index (χ1) is 11.6. The molecule has 1 amide bonds. The summed E-state index contributed by atoms with van der Waals surface area (Å²) in [6.45, 7) is 0.959. The number of thiazole rings is 1. The lowest BCUT2D eigenvalue weighted by Crippen LogP contribution is -2.41. The van der Waals surface area contributed by atoms with E-state index in [-0.39, 0.29) is 17.8 Å². The van der Waals surface area contributed by atoms with E-state index in [1.165, 1.54) is 29.9 Å². The number of nitrogens with one attached hydrogen (secondary N) is 1. The molecule has 1 unspecified atom stereocenters. The number of likely N-dealkylation sites (N-methyl/N-ethyl adjacent to an activating group) is 1. The van der Waals surface area contributed by atoms with E-state index in [9.17, 15) is 9.18 Å². The number of hydrogen-bond donors (Lipinski definition) is 1. The van der Waals surface area contributed by atoms with E-state index in [0.717, 1.165) is 36.2 Å². The molecule has 2 aromatic rings. The normalized spacial score (nSPS) is 19.0. The Morgan fingerprint density at radius 3 is 3.12 bits per heavy atom. The Hall–Kier alpha value is -1.79. The molecule has 1 atom stereocenters. The summed E-state index contributed by atoms with van der Waals surface area (Å²) >= 11 is 1.45. The molecule has 0 spiro atoms. The van der Waals surface area contributed by atoms with Gasteiger partial charge in [-0.3, -0.25) is 9.69 Å². The number of rotatable bonds is 4. The molecule has 0 saturated carbocycles. The summed E-state index contributed by atoms with van der Waals surface area (Å²) in [4.78, 5) is 19.9. The van der Waals surface area contributed by atoms with Gasteiger partial charge in [-0.05, 0) is 44.1 Å². The third-order valence-electron chi connectivity index (χ3n) is 4.37. The third-order valence-corrected chi connectivity index (χ3v) is 5.29. The van der Waals surface area contributed by atoms with Crippen LogP contribution in [-0.4, -0.2) is 35.4 Å². The van der Waals surface area contributed by atoms with Gasteiger partial charge in [-0.1, -0.05) is 25.0 Å². The average molecular weight is 347 g/mol. The van der Waals surface area contributed by atoms with Crippen molar-refractivity contribution >= 4 is 22.4 Å². The molecule has 0 bridgehead atoms. The summed E-state index contributed by atoms with van der Waals surface area (Å²) in [5.41, 5.74) is 0.903. The number of carbonyl (C=O) groups excluding carboxylic acids is 1. The van der Waals surface area contributed by atoms with Crippen molar-refractivity contribution < 1.29 is 9.18 Å². The first-order valence-electron chi connectivity index (χ1n) is 8.32. The van der Waals surface area contributed by atoms with E-state index in [1.54, 1.807) is 12.3 Å². The highest BCUT2D eigenvalue weighted by Crippen LogP contribution is 2.23. The van der Waals surface area contributed by atoms with Crippen molar-refractivity contribution in [2.45, 2.75) is 38.1 Å². The van der Waals surface area contributed by atoms with Gasteiger partial charge in [-0.25, -0.2) is 9.37 Å². The predicted octanol–water partition coefficient (Wildman–Crippen LogP) is 3.69. The molecule has 24 heavy (non-hydrogen) atoms. The number of hydrogen-bond acceptors (Lipinski definition) is 4. The number of halogens is 1. The Bertz CT molecular complexity index is 703. The molecular formula is C18H22FN3OS. The van der Waals surface area contributed by atoms with Crippen molar-refractivity contribution in [3.8, 4) is 0 Å². The molecule has 2 heterocycles. The Balaban J connectivity index is 1.62. The van der Waals surface area contributed by atoms with Gasteiger partial charge in [0.15, 0.2) is 5.13 Å². The summed E-state index contributed by atoms with van der Waals surface area (Å²) in [7, 11) is 2.01. The van der Waals surface area contributed by atoms with Gasteiger partial charge in [0.25, 0.3) is 0 Å². The highest BCUT2D eigenvalue weighted by Gasteiger charge is 2.25. The van der Waals surface area contributed by atoms with Crippen LogP contribution in [0.5, 0.6) is 0 Å². The zero-order valence-corrected chi connectivity index (χ0v) is 14.6. The van der Waals surface area contributed by atoms with Crippen molar-refractivity contribution in [3.05, 3.63) is 46.7 Å². The maximum absolute atomic E-state index is 13.2. The number of carbonyl (C=O) groups is 1. The number of aromatic nitrogens is 1. The molecule has 4 nitrogen and oxygen atoms in total. The van der Waals surface area contributed by atoms with Crippen LogP contribution in [0.15, 0.2) is 30.5 Å². The second-order valence-electron chi connectivity index (χ2n) is 6.27. The molecule has 128 valence electrons. The maximum atomic E-state index is 13.2. The first-order valence-corrected chi connectivity index (χ1v) is 9.14. The lowest BCUT2D eigenvalue weighted by atomic mass is 10.1. The highest BCUT2D eigenvalue weighted by atomic mass is 32.1. The molecule has 0 radical (unpaired) electrons.